The highest BCUT2D eigenvalue weighted by Gasteiger charge is 2.66. The summed E-state index contributed by atoms with van der Waals surface area (Å²) in [7, 11) is 0. The molecule has 0 amide bonds. The third-order valence-electron chi connectivity index (χ3n) is 3.58. The van der Waals surface area contributed by atoms with Gasteiger partial charge in [0.1, 0.15) is 11.2 Å². The van der Waals surface area contributed by atoms with Crippen molar-refractivity contribution in [1.82, 2.24) is 0 Å². The van der Waals surface area contributed by atoms with E-state index in [-0.39, 0.29) is 11.5 Å². The molecule has 14 heavy (non-hydrogen) atoms. The van der Waals surface area contributed by atoms with Gasteiger partial charge in [0, 0.05) is 11.2 Å². The predicted molar refractivity (Wildman–Crippen MR) is 55.1 cm³/mol. The van der Waals surface area contributed by atoms with Gasteiger partial charge in [-0.1, -0.05) is 22.5 Å². The Morgan fingerprint density at radius 2 is 2.43 bits per heavy atom. The quantitative estimate of drug-likeness (QED) is 0.441. The first-order valence-corrected chi connectivity index (χ1v) is 5.79. The normalized spacial score (nSPS) is 46.6. The SMILES string of the molecule is C=C1C(=O)O[C@]2(C)CC[C@H](CBr)[C@]12O. The number of ether oxygens (including phenoxy) is 1. The van der Waals surface area contributed by atoms with Crippen LogP contribution in [0.15, 0.2) is 12.2 Å². The minimum absolute atomic E-state index is 0.0199. The van der Waals surface area contributed by atoms with Crippen molar-refractivity contribution in [1.29, 1.82) is 0 Å². The van der Waals surface area contributed by atoms with E-state index in [2.05, 4.69) is 22.5 Å². The molecule has 0 aromatic rings. The second-order valence-electron chi connectivity index (χ2n) is 4.26. The number of alkyl halides is 1. The van der Waals surface area contributed by atoms with Crippen LogP contribution < -0.4 is 0 Å². The van der Waals surface area contributed by atoms with Gasteiger partial charge in [0.05, 0.1) is 5.57 Å². The smallest absolute Gasteiger partial charge is 0.337 e. The fourth-order valence-corrected chi connectivity index (χ4v) is 3.38. The monoisotopic (exact) mass is 260 g/mol. The number of fused-ring (bicyclic) bond motifs is 1. The third kappa shape index (κ3) is 0.932. The second kappa shape index (κ2) is 2.83. The third-order valence-corrected chi connectivity index (χ3v) is 4.36. The van der Waals surface area contributed by atoms with Gasteiger partial charge in [-0.05, 0) is 19.8 Å². The topological polar surface area (TPSA) is 46.5 Å². The van der Waals surface area contributed by atoms with Crippen molar-refractivity contribution in [3.63, 3.8) is 0 Å². The van der Waals surface area contributed by atoms with E-state index in [1.807, 2.05) is 0 Å². The first-order chi connectivity index (χ1) is 6.45. The van der Waals surface area contributed by atoms with Gasteiger partial charge in [-0.3, -0.25) is 0 Å². The van der Waals surface area contributed by atoms with Gasteiger partial charge in [0.25, 0.3) is 0 Å². The fraction of sp³-hybridized carbons (Fsp3) is 0.700. The van der Waals surface area contributed by atoms with E-state index in [4.69, 9.17) is 4.74 Å². The summed E-state index contributed by atoms with van der Waals surface area (Å²) >= 11 is 3.35. The molecule has 1 N–H and O–H groups in total. The fourth-order valence-electron chi connectivity index (χ4n) is 2.59. The Kier molecular flexibility index (Phi) is 2.05. The van der Waals surface area contributed by atoms with E-state index < -0.39 is 17.2 Å². The van der Waals surface area contributed by atoms with Crippen LogP contribution in [0.25, 0.3) is 0 Å². The Morgan fingerprint density at radius 1 is 1.79 bits per heavy atom. The van der Waals surface area contributed by atoms with E-state index >= 15 is 0 Å². The van der Waals surface area contributed by atoms with Crippen molar-refractivity contribution in [2.24, 2.45) is 5.92 Å². The zero-order chi connectivity index (χ0) is 10.6. The molecule has 3 atom stereocenters. The molecule has 1 saturated carbocycles. The lowest BCUT2D eigenvalue weighted by atomic mass is 9.79. The van der Waals surface area contributed by atoms with Crippen LogP contribution in [0.4, 0.5) is 0 Å². The van der Waals surface area contributed by atoms with Gasteiger partial charge in [-0.15, -0.1) is 0 Å². The van der Waals surface area contributed by atoms with E-state index in [9.17, 15) is 9.90 Å². The van der Waals surface area contributed by atoms with Gasteiger partial charge in [-0.25, -0.2) is 4.79 Å². The summed E-state index contributed by atoms with van der Waals surface area (Å²) in [6.45, 7) is 5.43. The van der Waals surface area contributed by atoms with E-state index in [0.29, 0.717) is 11.8 Å². The molecule has 1 aliphatic carbocycles. The maximum absolute atomic E-state index is 11.4. The molecule has 0 bridgehead atoms. The van der Waals surface area contributed by atoms with Crippen molar-refractivity contribution in [2.45, 2.75) is 31.0 Å². The van der Waals surface area contributed by atoms with Crippen molar-refractivity contribution in [2.75, 3.05) is 5.33 Å². The molecule has 1 heterocycles. The summed E-state index contributed by atoms with van der Waals surface area (Å²) in [4.78, 5) is 11.4. The minimum atomic E-state index is -1.17. The number of carbonyl (C=O) groups excluding carboxylic acids is 1. The summed E-state index contributed by atoms with van der Waals surface area (Å²) in [6, 6.07) is 0. The van der Waals surface area contributed by atoms with E-state index in [0.717, 1.165) is 6.42 Å². The highest BCUT2D eigenvalue weighted by Crippen LogP contribution is 2.54. The number of halogens is 1. The molecule has 4 heteroatoms. The lowest BCUT2D eigenvalue weighted by molar-refractivity contribution is -0.152. The molecule has 78 valence electrons. The van der Waals surface area contributed by atoms with Crippen LogP contribution in [0.1, 0.15) is 19.8 Å². The van der Waals surface area contributed by atoms with Crippen LogP contribution in [0.5, 0.6) is 0 Å². The largest absolute Gasteiger partial charge is 0.452 e. The summed E-state index contributed by atoms with van der Waals surface area (Å²) in [6.07, 6.45) is 1.55. The number of hydrogen-bond acceptors (Lipinski definition) is 3. The summed E-state index contributed by atoms with van der Waals surface area (Å²) in [5.41, 5.74) is -1.73. The Balaban J connectivity index is 2.47. The second-order valence-corrected chi connectivity index (χ2v) is 4.90. The molecule has 0 unspecified atom stereocenters. The lowest BCUT2D eigenvalue weighted by Gasteiger charge is -2.33. The molecule has 2 rings (SSSR count). The van der Waals surface area contributed by atoms with Crippen LogP contribution in [-0.2, 0) is 9.53 Å². The van der Waals surface area contributed by atoms with Crippen LogP contribution in [-0.4, -0.2) is 27.6 Å². The number of hydrogen-bond donors (Lipinski definition) is 1. The zero-order valence-electron chi connectivity index (χ0n) is 8.05. The van der Waals surface area contributed by atoms with Crippen LogP contribution in [0.3, 0.4) is 0 Å². The van der Waals surface area contributed by atoms with Crippen molar-refractivity contribution in [3.8, 4) is 0 Å². The van der Waals surface area contributed by atoms with Crippen molar-refractivity contribution < 1.29 is 14.6 Å². The maximum atomic E-state index is 11.4. The first kappa shape index (κ1) is 10.2. The predicted octanol–water partition coefficient (Wildman–Crippen LogP) is 1.39. The van der Waals surface area contributed by atoms with Gasteiger partial charge in [0.15, 0.2) is 0 Å². The zero-order valence-corrected chi connectivity index (χ0v) is 9.63. The average Bonchev–Trinajstić information content (AvgIpc) is 2.47. The standard InChI is InChI=1S/C10H13BrO3/c1-6-8(12)14-9(2)4-3-7(5-11)10(6,9)13/h7,13H,1,3-5H2,2H3/t7-,9-,10-/m1/s1. The molecule has 2 aliphatic rings. The van der Waals surface area contributed by atoms with Gasteiger partial charge < -0.3 is 9.84 Å². The first-order valence-electron chi connectivity index (χ1n) is 4.67. The van der Waals surface area contributed by atoms with Gasteiger partial charge in [0.2, 0.25) is 0 Å². The molecule has 0 spiro atoms. The Hall–Kier alpha value is -0.350. The Labute approximate surface area is 91.3 Å². The van der Waals surface area contributed by atoms with Crippen LogP contribution in [0, 0.1) is 5.92 Å². The summed E-state index contributed by atoms with van der Waals surface area (Å²) in [5.74, 6) is -0.438. The average molecular weight is 261 g/mol. The van der Waals surface area contributed by atoms with Gasteiger partial charge in [-0.2, -0.15) is 0 Å². The Bertz CT molecular complexity index is 314. The molecule has 0 radical (unpaired) electrons. The maximum Gasteiger partial charge on any atom is 0.337 e. The van der Waals surface area contributed by atoms with E-state index in [1.54, 1.807) is 6.92 Å². The molecular formula is C10H13BrO3. The van der Waals surface area contributed by atoms with Gasteiger partial charge >= 0.3 is 5.97 Å². The van der Waals surface area contributed by atoms with Crippen LogP contribution >= 0.6 is 15.9 Å². The lowest BCUT2D eigenvalue weighted by Crippen LogP contribution is -2.49. The van der Waals surface area contributed by atoms with Crippen molar-refractivity contribution >= 4 is 21.9 Å². The van der Waals surface area contributed by atoms with Crippen LogP contribution in [0.2, 0.25) is 0 Å². The number of rotatable bonds is 1. The number of aliphatic hydroxyl groups is 1. The molecule has 3 nitrogen and oxygen atoms in total. The molecule has 1 aliphatic heterocycles. The molecule has 0 aromatic carbocycles. The molecular weight excluding hydrogens is 248 g/mol. The molecule has 2 fully saturated rings. The Morgan fingerprint density at radius 3 is 3.00 bits per heavy atom. The van der Waals surface area contributed by atoms with E-state index in [1.165, 1.54) is 0 Å². The summed E-state index contributed by atoms with van der Waals surface area (Å²) in [5, 5.41) is 11.2. The minimum Gasteiger partial charge on any atom is -0.452 e. The highest BCUT2D eigenvalue weighted by atomic mass is 79.9. The number of esters is 1. The highest BCUT2D eigenvalue weighted by molar-refractivity contribution is 9.09. The number of carbonyl (C=O) groups is 1. The molecule has 0 aromatic heterocycles. The molecule has 1 saturated heterocycles. The van der Waals surface area contributed by atoms with Crippen molar-refractivity contribution in [3.05, 3.63) is 12.2 Å². The summed E-state index contributed by atoms with van der Waals surface area (Å²) < 4.78 is 5.21.